The molecule has 8 aliphatic rings. The molecule has 2 saturated carbocycles. The number of morpholine rings is 1. The number of carbonyl (C=O) groups excluding carboxylic acids is 2. The second-order valence-electron chi connectivity index (χ2n) is 40.1. The van der Waals surface area contributed by atoms with E-state index in [0.29, 0.717) is 159 Å². The first-order valence-electron chi connectivity index (χ1n) is 50.7. The summed E-state index contributed by atoms with van der Waals surface area (Å²) in [5.41, 5.74) is 18.1. The number of nitrogens with zero attached hydrogens (tertiary/aromatic N) is 20. The summed E-state index contributed by atoms with van der Waals surface area (Å²) in [6.45, 7) is 34.6. The molecule has 8 fully saturated rings. The number of carbonyl (C=O) groups is 2. The molecule has 41 heteroatoms. The maximum Gasteiger partial charge on any atom is 0.240 e. The molecule has 4 aromatic carbocycles. The molecule has 770 valence electrons. The Morgan fingerprint density at radius 1 is 0.404 bits per heavy atom. The number of halogens is 7. The van der Waals surface area contributed by atoms with Crippen molar-refractivity contribution in [1.82, 2.24) is 120 Å². The molecular weight excluding hydrogens is 1980 g/mol. The van der Waals surface area contributed by atoms with Crippen molar-refractivity contribution in [2.24, 2.45) is 0 Å². The fraction of sp³-hybridized carbons (Fsp3) is 0.467. The minimum Gasteiger partial charge on any atom is -0.379 e. The number of amides is 2. The lowest BCUT2D eigenvalue weighted by molar-refractivity contribution is -0.135. The Morgan fingerprint density at radius 3 is 1.27 bits per heavy atom. The van der Waals surface area contributed by atoms with Crippen LogP contribution in [0, 0.1) is 61.2 Å². The molecule has 21 rings (SSSR count). The van der Waals surface area contributed by atoms with Gasteiger partial charge in [-0.05, 0) is 293 Å². The first-order valence-corrected chi connectivity index (χ1v) is 52.9. The van der Waals surface area contributed by atoms with E-state index in [4.69, 9.17) is 78.9 Å². The number of ether oxygens (including phenoxy) is 1. The molecule has 0 unspecified atom stereocenters. The highest BCUT2D eigenvalue weighted by Crippen LogP contribution is 2.44. The number of H-pyrrole nitrogens is 4. The molecule has 0 atom stereocenters. The van der Waals surface area contributed by atoms with Gasteiger partial charge in [0.05, 0.1) is 63.3 Å². The van der Waals surface area contributed by atoms with Crippen molar-refractivity contribution < 1.29 is 23.2 Å². The Kier molecular flexibility index (Phi) is 34.1. The van der Waals surface area contributed by atoms with E-state index in [-0.39, 0.29) is 35.4 Å². The summed E-state index contributed by atoms with van der Waals surface area (Å²) in [4.78, 5) is 79.0. The molecule has 6 aliphatic heterocycles. The van der Waals surface area contributed by atoms with Crippen molar-refractivity contribution >= 4 is 151 Å². The summed E-state index contributed by atoms with van der Waals surface area (Å²) in [5.74, 6) is 10.5. The Labute approximate surface area is 880 Å². The highest BCUT2D eigenvalue weighted by atomic mass is 35.5. The van der Waals surface area contributed by atoms with E-state index in [9.17, 15) is 9.59 Å². The quantitative estimate of drug-likeness (QED) is 0.0208. The van der Waals surface area contributed by atoms with Crippen LogP contribution in [0.15, 0.2) is 102 Å². The number of nitrogens with one attached hydrogen (secondary N) is 10. The molecule has 9 aromatic heterocycles. The van der Waals surface area contributed by atoms with Gasteiger partial charge in [-0.2, -0.15) is 35.3 Å². The fourth-order valence-electron chi connectivity index (χ4n) is 19.8. The van der Waals surface area contributed by atoms with Gasteiger partial charge in [0.2, 0.25) is 29.6 Å². The Bertz CT molecular complexity index is 6720. The topological polar surface area (TPSA) is 392 Å². The Morgan fingerprint density at radius 2 is 0.822 bits per heavy atom. The molecule has 2 aliphatic carbocycles. The molecule has 15 heterocycles. The van der Waals surface area contributed by atoms with Crippen LogP contribution < -0.4 is 31.9 Å². The molecule has 2 amide bonds. The average Bonchev–Trinajstić information content (AvgIpc) is 1.35. The molecule has 0 bridgehead atoms. The number of hydrogen-bond donors (Lipinski definition) is 10. The van der Waals surface area contributed by atoms with Crippen molar-refractivity contribution in [3.05, 3.63) is 241 Å². The van der Waals surface area contributed by atoms with Gasteiger partial charge in [-0.1, -0.05) is 107 Å². The predicted octanol–water partition coefficient (Wildman–Crippen LogP) is 21.5. The van der Waals surface area contributed by atoms with Gasteiger partial charge < -0.3 is 55.9 Å². The summed E-state index contributed by atoms with van der Waals surface area (Å²) in [6.07, 6.45) is 21.9. The van der Waals surface area contributed by atoms with Crippen LogP contribution in [0.2, 0.25) is 30.1 Å². The third-order valence-corrected chi connectivity index (χ3v) is 30.4. The lowest BCUT2D eigenvalue weighted by Gasteiger charge is -2.36. The van der Waals surface area contributed by atoms with Crippen LogP contribution in [0.1, 0.15) is 240 Å². The van der Waals surface area contributed by atoms with Gasteiger partial charge in [-0.15, -0.1) is 0 Å². The van der Waals surface area contributed by atoms with Crippen LogP contribution in [0.5, 0.6) is 0 Å². The summed E-state index contributed by atoms with van der Waals surface area (Å²) in [5, 5.41) is 54.7. The standard InChI is InChI=1S/C27H33Cl2N7O2.C26H31Cl2N7O.C26H31ClFN9O.C26H32ClN7/c1-17-11-21(19-3-5-36(6-4-19)26(37)16-35-7-9-38-10-8-35)22(28)13-20(17)14-24-30-15-23(29)27(31-24)32-25-12-18(2)33-34-25;1-16-10-20(18-4-8-35(9-5-18)25(36)15-34-6-3-7-34)21(27)12-19(16)13-23-29-14-22(28)26(30-23)31-24-11-17(2)32-33-24;1-14(2)24-32-23(38-36-24)13-37-7-5-17(6-8-37)18-11-20(28)21(9-15(18)3)30-26-29-12-19(27)25(33-26)31-22-10-16(4)34-35-22;1-15-12-22(16(2)11-20(15)17-7-9-34(10-8-17)19-5-6-19)29-26-28-14-21(27)25(31-26)30-24-13-23(32-33-24)18-3-4-18/h11-13,15,19H,3-10,14,16H2,1-2H3,(H2,30,31,32,33,34);10-12,14,18H,3-9,13,15H2,1-2H3,(H2,29,30,31,32,33);9-12,14,17H,5-8,13H2,1-4H3,(H3,29,30,31,33,34,35);11-14,17-19H,3-10H2,1-2H3,(H3,28,29,30,31,32,33). The lowest BCUT2D eigenvalue weighted by atomic mass is 9.85. The van der Waals surface area contributed by atoms with Crippen LogP contribution >= 0.6 is 69.6 Å². The van der Waals surface area contributed by atoms with Crippen LogP contribution in [-0.4, -0.2) is 243 Å². The molecule has 6 saturated heterocycles. The monoisotopic (exact) mass is 2100 g/mol. The van der Waals surface area contributed by atoms with E-state index >= 15 is 4.39 Å². The zero-order chi connectivity index (χ0) is 102. The van der Waals surface area contributed by atoms with Gasteiger partial charge in [0.1, 0.15) is 37.6 Å². The number of hydrogen-bond acceptors (Lipinski definition) is 28. The largest absolute Gasteiger partial charge is 0.379 e. The van der Waals surface area contributed by atoms with E-state index in [1.54, 1.807) is 24.7 Å². The number of aromatic nitrogens is 18. The van der Waals surface area contributed by atoms with Gasteiger partial charge in [-0.25, -0.2) is 34.3 Å². The van der Waals surface area contributed by atoms with E-state index in [1.165, 1.54) is 86.5 Å². The predicted molar refractivity (Wildman–Crippen MR) is 571 cm³/mol. The van der Waals surface area contributed by atoms with Gasteiger partial charge in [-0.3, -0.25) is 44.7 Å². The minimum atomic E-state index is -0.351. The number of rotatable bonds is 29. The zero-order valence-electron chi connectivity index (χ0n) is 84.1. The molecule has 0 spiro atoms. The van der Waals surface area contributed by atoms with Crippen LogP contribution in [-0.2, 0) is 33.7 Å². The van der Waals surface area contributed by atoms with E-state index in [2.05, 4.69) is 194 Å². The molecule has 34 nitrogen and oxygen atoms in total. The molecular formula is C105H127Cl6FN30O4. The first kappa shape index (κ1) is 104. The van der Waals surface area contributed by atoms with Gasteiger partial charge in [0.25, 0.3) is 0 Å². The van der Waals surface area contributed by atoms with Crippen LogP contribution in [0.3, 0.4) is 0 Å². The number of benzene rings is 4. The number of anilines is 12. The SMILES string of the molecule is Cc1cc(C2CCN(C3CC3)CC2)c(C)cc1Nc1ncc(Cl)c(Nc2cc(C3CC3)[nH]n2)n1.Cc1cc(Nc2nc(Cc3cc(Cl)c(C4CCN(C(=O)CN5CCC5)CC4)cc3C)ncc2Cl)n[nH]1.Cc1cc(Nc2nc(Cc3cc(Cl)c(C4CCN(C(=O)CN5CCOCC5)CC4)cc3C)ncc2Cl)n[nH]1.Cc1cc(Nc2nc(Nc3cc(C)c(C4CCN(Cc5nc(C(C)C)no5)CC4)cc3F)ncc2Cl)n[nH]1. The van der Waals surface area contributed by atoms with Crippen molar-refractivity contribution in [1.29, 1.82) is 0 Å². The molecule has 13 aromatic rings. The summed E-state index contributed by atoms with van der Waals surface area (Å²) < 4.78 is 26.0. The van der Waals surface area contributed by atoms with Crippen LogP contribution in [0.25, 0.3) is 0 Å². The third-order valence-electron chi connectivity index (χ3n) is 28.6. The number of aromatic amines is 4. The second-order valence-corrected chi connectivity index (χ2v) is 42.5. The Balaban J connectivity index is 0.000000128. The van der Waals surface area contributed by atoms with E-state index in [1.807, 2.05) is 93.8 Å². The zero-order valence-corrected chi connectivity index (χ0v) is 88.7. The Hall–Kier alpha value is -11.6. The summed E-state index contributed by atoms with van der Waals surface area (Å²) in [6, 6.07) is 25.0. The second kappa shape index (κ2) is 47.7. The minimum absolute atomic E-state index is 0.210. The number of aryl methyl sites for hydroxylation is 8. The number of piperidine rings is 4. The van der Waals surface area contributed by atoms with Gasteiger partial charge in [0.15, 0.2) is 52.4 Å². The molecule has 146 heavy (non-hydrogen) atoms. The molecule has 0 radical (unpaired) electrons. The first-order chi connectivity index (χ1) is 70.5. The highest BCUT2D eigenvalue weighted by Gasteiger charge is 2.36. The number of likely N-dealkylation sites (tertiary alicyclic amines) is 5. The van der Waals surface area contributed by atoms with Crippen molar-refractivity contribution in [3.8, 4) is 0 Å². The maximum atomic E-state index is 15.2. The van der Waals surface area contributed by atoms with Crippen LogP contribution in [0.4, 0.5) is 74.2 Å². The smallest absolute Gasteiger partial charge is 0.240 e. The van der Waals surface area contributed by atoms with Crippen molar-refractivity contribution in [3.63, 3.8) is 0 Å². The summed E-state index contributed by atoms with van der Waals surface area (Å²) >= 11 is 38.8. The van der Waals surface area contributed by atoms with E-state index in [0.717, 1.165) is 199 Å². The van der Waals surface area contributed by atoms with Gasteiger partial charge >= 0.3 is 0 Å². The average molecular weight is 2110 g/mol. The van der Waals surface area contributed by atoms with Gasteiger partial charge in [0, 0.05) is 133 Å². The fourth-order valence-corrected chi connectivity index (χ4v) is 21.0. The maximum absolute atomic E-state index is 15.2. The highest BCUT2D eigenvalue weighted by molar-refractivity contribution is 6.34. The lowest BCUT2D eigenvalue weighted by Crippen LogP contribution is -2.47. The van der Waals surface area contributed by atoms with E-state index < -0.39 is 0 Å². The third kappa shape index (κ3) is 27.3. The normalized spacial score (nSPS) is 16.9. The molecule has 10 N–H and O–H groups in total. The summed E-state index contributed by atoms with van der Waals surface area (Å²) in [7, 11) is 0. The van der Waals surface area contributed by atoms with Crippen molar-refractivity contribution in [2.45, 2.75) is 214 Å². The van der Waals surface area contributed by atoms with Crippen molar-refractivity contribution in [2.75, 3.05) is 137 Å².